The molecule has 110 valence electrons. The van der Waals surface area contributed by atoms with Crippen molar-refractivity contribution < 1.29 is 0 Å². The minimum absolute atomic E-state index is 0.474. The lowest BCUT2D eigenvalue weighted by molar-refractivity contribution is 1.16. The van der Waals surface area contributed by atoms with Crippen LogP contribution >= 0.6 is 11.6 Å². The zero-order valence-corrected chi connectivity index (χ0v) is 12.8. The third-order valence-corrected chi connectivity index (χ3v) is 3.45. The van der Waals surface area contributed by atoms with E-state index in [4.69, 9.17) is 11.6 Å². The Balaban J connectivity index is 1.86. The molecule has 22 heavy (non-hydrogen) atoms. The Labute approximate surface area is 134 Å². The predicted molar refractivity (Wildman–Crippen MR) is 91.2 cm³/mol. The Kier molecular flexibility index (Phi) is 4.21. The van der Waals surface area contributed by atoms with Crippen LogP contribution in [0.15, 0.2) is 60.8 Å². The van der Waals surface area contributed by atoms with Gasteiger partial charge in [0, 0.05) is 11.4 Å². The van der Waals surface area contributed by atoms with Crippen LogP contribution in [0.3, 0.4) is 0 Å². The normalized spacial score (nSPS) is 10.3. The van der Waals surface area contributed by atoms with Crippen molar-refractivity contribution in [2.24, 2.45) is 0 Å². The molecule has 3 aromatic rings. The van der Waals surface area contributed by atoms with Crippen molar-refractivity contribution in [2.75, 3.05) is 10.6 Å². The number of anilines is 4. The molecule has 0 unspecified atom stereocenters. The molecule has 1 aromatic heterocycles. The largest absolute Gasteiger partial charge is 0.339 e. The van der Waals surface area contributed by atoms with Crippen LogP contribution in [0, 0.1) is 6.92 Å². The summed E-state index contributed by atoms with van der Waals surface area (Å²) in [6.07, 6.45) is 1.58. The SMILES string of the molecule is Cc1ccccc1Nc1nc(Nc2ccccc2)ncc1Cl. The minimum Gasteiger partial charge on any atom is -0.339 e. The molecule has 0 spiro atoms. The molecular weight excluding hydrogens is 296 g/mol. The third kappa shape index (κ3) is 3.35. The van der Waals surface area contributed by atoms with Crippen molar-refractivity contribution >= 4 is 34.7 Å². The van der Waals surface area contributed by atoms with Gasteiger partial charge in [0.15, 0.2) is 5.82 Å². The van der Waals surface area contributed by atoms with E-state index in [1.165, 1.54) is 0 Å². The van der Waals surface area contributed by atoms with Gasteiger partial charge in [0.2, 0.25) is 5.95 Å². The van der Waals surface area contributed by atoms with Gasteiger partial charge in [0.1, 0.15) is 5.02 Å². The number of halogens is 1. The lowest BCUT2D eigenvalue weighted by Gasteiger charge is -2.11. The fourth-order valence-electron chi connectivity index (χ4n) is 2.01. The number of rotatable bonds is 4. The first kappa shape index (κ1) is 14.4. The maximum absolute atomic E-state index is 6.19. The zero-order valence-electron chi connectivity index (χ0n) is 12.0. The Morgan fingerprint density at radius 1 is 0.909 bits per heavy atom. The van der Waals surface area contributed by atoms with Crippen molar-refractivity contribution in [3.05, 3.63) is 71.4 Å². The fourth-order valence-corrected chi connectivity index (χ4v) is 2.14. The van der Waals surface area contributed by atoms with Crippen LogP contribution in [-0.4, -0.2) is 9.97 Å². The van der Waals surface area contributed by atoms with Gasteiger partial charge in [-0.05, 0) is 30.7 Å². The van der Waals surface area contributed by atoms with Crippen LogP contribution in [0.5, 0.6) is 0 Å². The molecule has 0 aliphatic carbocycles. The second-order valence-electron chi connectivity index (χ2n) is 4.82. The van der Waals surface area contributed by atoms with E-state index in [9.17, 15) is 0 Å². The van der Waals surface area contributed by atoms with Gasteiger partial charge in [0.25, 0.3) is 0 Å². The summed E-state index contributed by atoms with van der Waals surface area (Å²) in [7, 11) is 0. The number of para-hydroxylation sites is 2. The molecular formula is C17H15ClN4. The van der Waals surface area contributed by atoms with Crippen LogP contribution in [0.25, 0.3) is 0 Å². The summed E-state index contributed by atoms with van der Waals surface area (Å²) in [6, 6.07) is 17.7. The first-order valence-corrected chi connectivity index (χ1v) is 7.27. The number of hydrogen-bond acceptors (Lipinski definition) is 4. The lowest BCUT2D eigenvalue weighted by atomic mass is 10.2. The summed E-state index contributed by atoms with van der Waals surface area (Å²) in [5.74, 6) is 1.07. The highest BCUT2D eigenvalue weighted by Gasteiger charge is 2.07. The number of aryl methyl sites for hydroxylation is 1. The van der Waals surface area contributed by atoms with Gasteiger partial charge in [-0.25, -0.2) is 4.98 Å². The molecule has 0 atom stereocenters. The number of nitrogens with one attached hydrogen (secondary N) is 2. The van der Waals surface area contributed by atoms with Gasteiger partial charge < -0.3 is 10.6 Å². The Bertz CT molecular complexity index is 775. The Morgan fingerprint density at radius 3 is 2.41 bits per heavy atom. The minimum atomic E-state index is 0.474. The smallest absolute Gasteiger partial charge is 0.229 e. The van der Waals surface area contributed by atoms with Crippen LogP contribution < -0.4 is 10.6 Å². The summed E-state index contributed by atoms with van der Waals surface area (Å²) in [5, 5.41) is 6.87. The van der Waals surface area contributed by atoms with E-state index in [0.717, 1.165) is 16.9 Å². The van der Waals surface area contributed by atoms with E-state index in [2.05, 4.69) is 20.6 Å². The molecule has 2 N–H and O–H groups in total. The van der Waals surface area contributed by atoms with Crippen molar-refractivity contribution in [3.8, 4) is 0 Å². The van der Waals surface area contributed by atoms with Crippen molar-refractivity contribution in [3.63, 3.8) is 0 Å². The van der Waals surface area contributed by atoms with E-state index in [1.54, 1.807) is 6.20 Å². The molecule has 0 aliphatic rings. The quantitative estimate of drug-likeness (QED) is 0.717. The summed E-state index contributed by atoms with van der Waals surface area (Å²) >= 11 is 6.19. The molecule has 3 rings (SSSR count). The molecule has 0 amide bonds. The van der Waals surface area contributed by atoms with Gasteiger partial charge >= 0.3 is 0 Å². The topological polar surface area (TPSA) is 49.8 Å². The van der Waals surface area contributed by atoms with E-state index < -0.39 is 0 Å². The van der Waals surface area contributed by atoms with Gasteiger partial charge in [-0.1, -0.05) is 48.0 Å². The van der Waals surface area contributed by atoms with Crippen LogP contribution in [0.4, 0.5) is 23.1 Å². The van der Waals surface area contributed by atoms with Crippen molar-refractivity contribution in [1.29, 1.82) is 0 Å². The molecule has 2 aromatic carbocycles. The molecule has 0 aliphatic heterocycles. The molecule has 0 saturated carbocycles. The van der Waals surface area contributed by atoms with Gasteiger partial charge in [-0.15, -0.1) is 0 Å². The molecule has 0 bridgehead atoms. The van der Waals surface area contributed by atoms with Gasteiger partial charge in [0.05, 0.1) is 6.20 Å². The summed E-state index contributed by atoms with van der Waals surface area (Å²) in [6.45, 7) is 2.03. The fraction of sp³-hybridized carbons (Fsp3) is 0.0588. The van der Waals surface area contributed by atoms with Gasteiger partial charge in [-0.2, -0.15) is 4.98 Å². The van der Waals surface area contributed by atoms with Gasteiger partial charge in [-0.3, -0.25) is 0 Å². The standard InChI is InChI=1S/C17H15ClN4/c1-12-7-5-6-10-15(12)21-16-14(18)11-19-17(22-16)20-13-8-3-2-4-9-13/h2-11H,1H3,(H2,19,20,21,22). The number of aromatic nitrogens is 2. The van der Waals surface area contributed by atoms with Crippen molar-refractivity contribution in [2.45, 2.75) is 6.92 Å². The monoisotopic (exact) mass is 310 g/mol. The second-order valence-corrected chi connectivity index (χ2v) is 5.23. The average Bonchev–Trinajstić information content (AvgIpc) is 2.54. The van der Waals surface area contributed by atoms with E-state index >= 15 is 0 Å². The van der Waals surface area contributed by atoms with Crippen molar-refractivity contribution in [1.82, 2.24) is 9.97 Å². The van der Waals surface area contributed by atoms with E-state index in [0.29, 0.717) is 16.8 Å². The molecule has 0 fully saturated rings. The highest BCUT2D eigenvalue weighted by Crippen LogP contribution is 2.26. The summed E-state index contributed by atoms with van der Waals surface area (Å²) < 4.78 is 0. The van der Waals surface area contributed by atoms with Crippen LogP contribution in [0.2, 0.25) is 5.02 Å². The van der Waals surface area contributed by atoms with E-state index in [-0.39, 0.29) is 0 Å². The van der Waals surface area contributed by atoms with Crippen LogP contribution in [0.1, 0.15) is 5.56 Å². The highest BCUT2D eigenvalue weighted by atomic mass is 35.5. The molecule has 0 radical (unpaired) electrons. The summed E-state index contributed by atoms with van der Waals surface area (Å²) in [4.78, 5) is 8.64. The first-order chi connectivity index (χ1) is 10.7. The highest BCUT2D eigenvalue weighted by molar-refractivity contribution is 6.32. The first-order valence-electron chi connectivity index (χ1n) is 6.89. The predicted octanol–water partition coefficient (Wildman–Crippen LogP) is 4.93. The molecule has 5 heteroatoms. The lowest BCUT2D eigenvalue weighted by Crippen LogP contribution is -2.02. The Hall–Kier alpha value is -2.59. The Morgan fingerprint density at radius 2 is 1.64 bits per heavy atom. The number of hydrogen-bond donors (Lipinski definition) is 2. The third-order valence-electron chi connectivity index (χ3n) is 3.17. The maximum Gasteiger partial charge on any atom is 0.229 e. The maximum atomic E-state index is 6.19. The zero-order chi connectivity index (χ0) is 15.4. The van der Waals surface area contributed by atoms with Crippen LogP contribution in [-0.2, 0) is 0 Å². The number of benzene rings is 2. The molecule has 4 nitrogen and oxygen atoms in total. The number of nitrogens with zero attached hydrogens (tertiary/aromatic N) is 2. The summed E-state index contributed by atoms with van der Waals surface area (Å²) in [5.41, 5.74) is 3.01. The molecule has 0 saturated heterocycles. The molecule has 1 heterocycles. The average molecular weight is 311 g/mol. The second kappa shape index (κ2) is 6.45. The van der Waals surface area contributed by atoms with E-state index in [1.807, 2.05) is 61.5 Å².